The molecule has 0 aliphatic carbocycles. The van der Waals surface area contributed by atoms with Crippen molar-refractivity contribution in [2.24, 2.45) is 5.73 Å². The van der Waals surface area contributed by atoms with Gasteiger partial charge in [0.2, 0.25) is 0 Å². The summed E-state index contributed by atoms with van der Waals surface area (Å²) in [6.45, 7) is 6.00. The van der Waals surface area contributed by atoms with E-state index in [4.69, 9.17) is 5.73 Å². The maximum Gasteiger partial charge on any atom is 0.00769 e. The largest absolute Gasteiger partial charge is 0.329 e. The minimum absolute atomic E-state index is 0. The van der Waals surface area contributed by atoms with Gasteiger partial charge in [0.1, 0.15) is 0 Å². The molecule has 3 heteroatoms. The molecule has 0 aromatic rings. The van der Waals surface area contributed by atoms with E-state index < -0.39 is 0 Å². The van der Waals surface area contributed by atoms with Gasteiger partial charge < -0.3 is 11.1 Å². The summed E-state index contributed by atoms with van der Waals surface area (Å²) in [4.78, 5) is 0. The van der Waals surface area contributed by atoms with Crippen LogP contribution in [-0.2, 0) is 0 Å². The molecule has 2 nitrogen and oxygen atoms in total. The zero-order valence-electron chi connectivity index (χ0n) is 6.78. The molecule has 0 aromatic carbocycles. The summed E-state index contributed by atoms with van der Waals surface area (Å²) < 4.78 is 0. The molecule has 0 aliphatic rings. The molecule has 51 valence electrons. The molecule has 0 fully saturated rings. The average molecular weight is 139 g/mol. The van der Waals surface area contributed by atoms with Crippen LogP contribution in [0.4, 0.5) is 0 Å². The van der Waals surface area contributed by atoms with Crippen LogP contribution in [0.15, 0.2) is 0 Å². The van der Waals surface area contributed by atoms with Crippen LogP contribution in [0.1, 0.15) is 20.3 Å². The van der Waals surface area contributed by atoms with E-state index >= 15 is 0 Å². The molecule has 1 radical (unpaired) electrons. The molecular formula is C6H16N2Na. The molecule has 0 saturated heterocycles. The fraction of sp³-hybridized carbons (Fsp3) is 1.00. The van der Waals surface area contributed by atoms with E-state index in [0.717, 1.165) is 13.1 Å². The molecule has 9 heavy (non-hydrogen) atoms. The number of rotatable bonds is 4. The topological polar surface area (TPSA) is 38.0 Å². The number of hydrogen-bond donors (Lipinski definition) is 2. The minimum atomic E-state index is 0. The molecule has 0 heterocycles. The van der Waals surface area contributed by atoms with Crippen LogP contribution in [0.2, 0.25) is 0 Å². The summed E-state index contributed by atoms with van der Waals surface area (Å²) in [5, 5.41) is 3.26. The Morgan fingerprint density at radius 1 is 1.56 bits per heavy atom. The Kier molecular flexibility index (Phi) is 12.5. The molecular weight excluding hydrogens is 123 g/mol. The molecule has 0 spiro atoms. The smallest absolute Gasteiger partial charge is 0.00769 e. The van der Waals surface area contributed by atoms with Gasteiger partial charge in [0, 0.05) is 48.7 Å². The number of nitrogens with two attached hydrogens (primary N) is 1. The van der Waals surface area contributed by atoms with E-state index in [2.05, 4.69) is 19.2 Å². The van der Waals surface area contributed by atoms with Crippen molar-refractivity contribution in [2.45, 2.75) is 26.3 Å². The van der Waals surface area contributed by atoms with Gasteiger partial charge in [0.25, 0.3) is 0 Å². The van der Waals surface area contributed by atoms with E-state index in [1.165, 1.54) is 6.42 Å². The molecule has 0 aliphatic heterocycles. The summed E-state index contributed by atoms with van der Waals surface area (Å²) in [6, 6.07) is 0.624. The first kappa shape index (κ1) is 12.6. The van der Waals surface area contributed by atoms with Gasteiger partial charge in [0.15, 0.2) is 0 Å². The maximum atomic E-state index is 5.27. The summed E-state index contributed by atoms with van der Waals surface area (Å²) in [5.74, 6) is 0. The van der Waals surface area contributed by atoms with E-state index in [-0.39, 0.29) is 29.6 Å². The third kappa shape index (κ3) is 8.92. The summed E-state index contributed by atoms with van der Waals surface area (Å²) >= 11 is 0. The van der Waals surface area contributed by atoms with Crippen LogP contribution < -0.4 is 11.1 Å². The first-order valence-corrected chi connectivity index (χ1v) is 3.24. The third-order valence-corrected chi connectivity index (χ3v) is 1.25. The van der Waals surface area contributed by atoms with Crippen molar-refractivity contribution in [1.29, 1.82) is 0 Å². The second kappa shape index (κ2) is 8.92. The molecule has 0 rings (SSSR count). The predicted octanol–water partition coefficient (Wildman–Crippen LogP) is -0.0476. The Balaban J connectivity index is 0. The number of hydrogen-bond acceptors (Lipinski definition) is 2. The van der Waals surface area contributed by atoms with Crippen molar-refractivity contribution in [2.75, 3.05) is 13.1 Å². The van der Waals surface area contributed by atoms with Crippen molar-refractivity contribution in [3.05, 3.63) is 0 Å². The first-order chi connectivity index (χ1) is 3.81. The van der Waals surface area contributed by atoms with E-state index in [1.807, 2.05) is 0 Å². The van der Waals surface area contributed by atoms with Crippen molar-refractivity contribution in [1.82, 2.24) is 5.32 Å². The summed E-state index contributed by atoms with van der Waals surface area (Å²) in [7, 11) is 0. The molecule has 1 unspecified atom stereocenters. The van der Waals surface area contributed by atoms with Crippen LogP contribution in [0, 0.1) is 0 Å². The van der Waals surface area contributed by atoms with Crippen LogP contribution >= 0.6 is 0 Å². The molecule has 0 bridgehead atoms. The van der Waals surface area contributed by atoms with Gasteiger partial charge in [-0.3, -0.25) is 0 Å². The van der Waals surface area contributed by atoms with Gasteiger partial charge in [-0.15, -0.1) is 0 Å². The van der Waals surface area contributed by atoms with E-state index in [1.54, 1.807) is 0 Å². The van der Waals surface area contributed by atoms with Crippen LogP contribution in [0.25, 0.3) is 0 Å². The van der Waals surface area contributed by atoms with Gasteiger partial charge in [0.05, 0.1) is 0 Å². The van der Waals surface area contributed by atoms with Crippen molar-refractivity contribution >= 4 is 29.6 Å². The minimum Gasteiger partial charge on any atom is -0.329 e. The Bertz CT molecular complexity index is 50.3. The average Bonchev–Trinajstić information content (AvgIpc) is 1.83. The van der Waals surface area contributed by atoms with Gasteiger partial charge >= 0.3 is 0 Å². The Hall–Kier alpha value is 0.920. The first-order valence-electron chi connectivity index (χ1n) is 3.24. The Morgan fingerprint density at radius 3 is 2.44 bits per heavy atom. The van der Waals surface area contributed by atoms with Crippen LogP contribution in [0.5, 0.6) is 0 Å². The maximum absolute atomic E-state index is 5.27. The number of nitrogens with one attached hydrogen (secondary N) is 1. The van der Waals surface area contributed by atoms with E-state index in [0.29, 0.717) is 6.04 Å². The monoisotopic (exact) mass is 139 g/mol. The van der Waals surface area contributed by atoms with Gasteiger partial charge in [-0.1, -0.05) is 6.92 Å². The van der Waals surface area contributed by atoms with Crippen molar-refractivity contribution in [3.8, 4) is 0 Å². The summed E-state index contributed by atoms with van der Waals surface area (Å²) in [6.07, 6.45) is 1.18. The Morgan fingerprint density at radius 2 is 2.11 bits per heavy atom. The zero-order valence-corrected chi connectivity index (χ0v) is 8.78. The summed E-state index contributed by atoms with van der Waals surface area (Å²) in [5.41, 5.74) is 5.27. The van der Waals surface area contributed by atoms with Crippen LogP contribution in [-0.4, -0.2) is 48.7 Å². The molecule has 0 aromatic heterocycles. The molecule has 0 amide bonds. The standard InChI is InChI=1S/C6H16N2.Na/c1-3-6(2)8-5-4-7;/h6,8H,3-5,7H2,1-2H3;. The SMILES string of the molecule is CCC(C)NCCN.[Na]. The van der Waals surface area contributed by atoms with Gasteiger partial charge in [-0.2, -0.15) is 0 Å². The quantitative estimate of drug-likeness (QED) is 0.536. The predicted molar refractivity (Wildman–Crippen MR) is 42.6 cm³/mol. The van der Waals surface area contributed by atoms with Gasteiger partial charge in [-0.05, 0) is 13.3 Å². The van der Waals surface area contributed by atoms with Crippen LogP contribution in [0.3, 0.4) is 0 Å². The normalized spacial score (nSPS) is 12.3. The molecule has 1 atom stereocenters. The Labute approximate surface area is 79.9 Å². The molecule has 3 N–H and O–H groups in total. The second-order valence-corrected chi connectivity index (χ2v) is 2.05. The van der Waals surface area contributed by atoms with E-state index in [9.17, 15) is 0 Å². The molecule has 0 saturated carbocycles. The fourth-order valence-corrected chi connectivity index (χ4v) is 0.474. The fourth-order valence-electron chi connectivity index (χ4n) is 0.474. The van der Waals surface area contributed by atoms with Crippen molar-refractivity contribution < 1.29 is 0 Å². The third-order valence-electron chi connectivity index (χ3n) is 1.25. The van der Waals surface area contributed by atoms with Crippen molar-refractivity contribution in [3.63, 3.8) is 0 Å². The zero-order chi connectivity index (χ0) is 6.41. The van der Waals surface area contributed by atoms with Gasteiger partial charge in [-0.25, -0.2) is 0 Å². The second-order valence-electron chi connectivity index (χ2n) is 2.05.